The predicted octanol–water partition coefficient (Wildman–Crippen LogP) is 1.82. The summed E-state index contributed by atoms with van der Waals surface area (Å²) in [6.07, 6.45) is 0. The number of nitrogens with one attached hydrogen (secondary N) is 1. The minimum atomic E-state index is -0.587. The average Bonchev–Trinajstić information content (AvgIpc) is 2.57. The molecule has 1 aromatic carbocycles. The van der Waals surface area contributed by atoms with Crippen LogP contribution in [0.15, 0.2) is 18.2 Å². The summed E-state index contributed by atoms with van der Waals surface area (Å²) in [6, 6.07) is 7.25. The lowest BCUT2D eigenvalue weighted by Crippen LogP contribution is -2.41. The summed E-state index contributed by atoms with van der Waals surface area (Å²) in [5.74, 6) is -0.178. The molecule has 2 rings (SSSR count). The Hall–Kier alpha value is -1.84. The van der Waals surface area contributed by atoms with Gasteiger partial charge in [0.15, 0.2) is 0 Å². The van der Waals surface area contributed by atoms with Crippen molar-refractivity contribution in [1.82, 2.24) is 0 Å². The highest BCUT2D eigenvalue weighted by atomic mass is 16.7. The van der Waals surface area contributed by atoms with E-state index in [0.717, 1.165) is 0 Å². The molecule has 21 heavy (non-hydrogen) atoms. The number of amides is 1. The smallest absolute Gasteiger partial charge is 0.399 e. The molecule has 1 amide bonds. The highest BCUT2D eigenvalue weighted by Gasteiger charge is 2.52. The Labute approximate surface area is 125 Å². The average molecular weight is 286 g/mol. The Kier molecular flexibility index (Phi) is 3.83. The first kappa shape index (κ1) is 15.6. The van der Waals surface area contributed by atoms with Crippen molar-refractivity contribution in [3.63, 3.8) is 0 Å². The number of carbonyl (C=O) groups is 1. The molecule has 0 aromatic heterocycles. The van der Waals surface area contributed by atoms with Crippen LogP contribution >= 0.6 is 0 Å². The maximum atomic E-state index is 11.1. The van der Waals surface area contributed by atoms with Crippen molar-refractivity contribution in [2.24, 2.45) is 0 Å². The first-order valence-electron chi connectivity index (χ1n) is 6.83. The van der Waals surface area contributed by atoms with Gasteiger partial charge in [-0.2, -0.15) is 5.26 Å². The molecule has 1 heterocycles. The summed E-state index contributed by atoms with van der Waals surface area (Å²) in [6.45, 7) is 9.28. The molecular formula is C15H19BN2O3. The third-order valence-corrected chi connectivity index (χ3v) is 4.00. The molecule has 0 aliphatic carbocycles. The van der Waals surface area contributed by atoms with Gasteiger partial charge in [0.05, 0.1) is 22.8 Å². The number of hydrogen-bond donors (Lipinski definition) is 1. The Morgan fingerprint density at radius 2 is 1.81 bits per heavy atom. The van der Waals surface area contributed by atoms with E-state index in [-0.39, 0.29) is 5.91 Å². The fourth-order valence-corrected chi connectivity index (χ4v) is 2.11. The molecule has 0 radical (unpaired) electrons. The van der Waals surface area contributed by atoms with E-state index in [0.29, 0.717) is 16.7 Å². The lowest BCUT2D eigenvalue weighted by atomic mass is 9.76. The lowest BCUT2D eigenvalue weighted by molar-refractivity contribution is -0.114. The summed E-state index contributed by atoms with van der Waals surface area (Å²) in [5, 5.41) is 12.0. The van der Waals surface area contributed by atoms with E-state index in [1.165, 1.54) is 6.92 Å². The van der Waals surface area contributed by atoms with Gasteiger partial charge in [-0.15, -0.1) is 0 Å². The molecule has 1 N–H and O–H groups in total. The van der Waals surface area contributed by atoms with E-state index in [2.05, 4.69) is 11.4 Å². The van der Waals surface area contributed by atoms with Crippen LogP contribution in [0.25, 0.3) is 0 Å². The second kappa shape index (κ2) is 5.17. The van der Waals surface area contributed by atoms with Gasteiger partial charge in [0.2, 0.25) is 5.91 Å². The summed E-state index contributed by atoms with van der Waals surface area (Å²) < 4.78 is 11.9. The van der Waals surface area contributed by atoms with Crippen LogP contribution in [0.3, 0.4) is 0 Å². The predicted molar refractivity (Wildman–Crippen MR) is 81.2 cm³/mol. The van der Waals surface area contributed by atoms with Crippen molar-refractivity contribution in [2.75, 3.05) is 5.32 Å². The summed E-state index contributed by atoms with van der Waals surface area (Å²) in [5.41, 5.74) is 0.769. The quantitative estimate of drug-likeness (QED) is 0.842. The van der Waals surface area contributed by atoms with Gasteiger partial charge in [-0.05, 0) is 39.8 Å². The number of nitrogens with zero attached hydrogens (tertiary/aromatic N) is 1. The lowest BCUT2D eigenvalue weighted by Gasteiger charge is -2.32. The highest BCUT2D eigenvalue weighted by molar-refractivity contribution is 6.62. The zero-order chi connectivity index (χ0) is 15.8. The molecule has 110 valence electrons. The van der Waals surface area contributed by atoms with Gasteiger partial charge in [-0.1, -0.05) is 6.07 Å². The van der Waals surface area contributed by atoms with Crippen molar-refractivity contribution in [3.05, 3.63) is 23.8 Å². The Balaban J connectivity index is 2.34. The molecule has 0 bridgehead atoms. The van der Waals surface area contributed by atoms with Crippen LogP contribution in [0.1, 0.15) is 40.2 Å². The van der Waals surface area contributed by atoms with E-state index >= 15 is 0 Å². The van der Waals surface area contributed by atoms with Crippen LogP contribution in [0, 0.1) is 11.3 Å². The third kappa shape index (κ3) is 2.94. The van der Waals surface area contributed by atoms with Crippen molar-refractivity contribution in [3.8, 4) is 6.07 Å². The largest absolute Gasteiger partial charge is 0.496 e. The molecule has 1 fully saturated rings. The minimum Gasteiger partial charge on any atom is -0.399 e. The van der Waals surface area contributed by atoms with Crippen LogP contribution in [0.2, 0.25) is 0 Å². The summed E-state index contributed by atoms with van der Waals surface area (Å²) in [4.78, 5) is 11.1. The number of hydrogen-bond acceptors (Lipinski definition) is 4. The molecule has 0 unspecified atom stereocenters. The molecule has 1 aliphatic rings. The maximum Gasteiger partial charge on any atom is 0.496 e. The van der Waals surface area contributed by atoms with Crippen molar-refractivity contribution >= 4 is 24.2 Å². The number of nitriles is 1. The first-order chi connectivity index (χ1) is 9.66. The van der Waals surface area contributed by atoms with Crippen LogP contribution in [0.4, 0.5) is 5.69 Å². The molecule has 1 aromatic rings. The Bertz CT molecular complexity index is 604. The SMILES string of the molecule is CC(=O)Nc1ccc(B2OC(C)(C)C(C)(C)O2)c(C#N)c1. The molecule has 1 saturated heterocycles. The van der Waals surface area contributed by atoms with Crippen molar-refractivity contribution in [2.45, 2.75) is 45.8 Å². The summed E-state index contributed by atoms with van der Waals surface area (Å²) in [7, 11) is -0.587. The second-order valence-corrected chi connectivity index (χ2v) is 6.18. The van der Waals surface area contributed by atoms with E-state index in [1.54, 1.807) is 18.2 Å². The second-order valence-electron chi connectivity index (χ2n) is 6.18. The van der Waals surface area contributed by atoms with E-state index < -0.39 is 18.3 Å². The van der Waals surface area contributed by atoms with Crippen LogP contribution in [-0.4, -0.2) is 24.2 Å². The van der Waals surface area contributed by atoms with Gasteiger partial charge in [-0.3, -0.25) is 4.79 Å². The summed E-state index contributed by atoms with van der Waals surface area (Å²) >= 11 is 0. The van der Waals surface area contributed by atoms with Gasteiger partial charge in [-0.25, -0.2) is 0 Å². The Morgan fingerprint density at radius 1 is 1.24 bits per heavy atom. The fourth-order valence-electron chi connectivity index (χ4n) is 2.11. The molecule has 6 heteroatoms. The maximum absolute atomic E-state index is 11.1. The van der Waals surface area contributed by atoms with Gasteiger partial charge >= 0.3 is 7.12 Å². The number of rotatable bonds is 2. The van der Waals surface area contributed by atoms with Crippen LogP contribution < -0.4 is 10.8 Å². The Morgan fingerprint density at radius 3 is 2.29 bits per heavy atom. The first-order valence-corrected chi connectivity index (χ1v) is 6.83. The topological polar surface area (TPSA) is 71.3 Å². The van der Waals surface area contributed by atoms with E-state index in [1.807, 2.05) is 27.7 Å². The van der Waals surface area contributed by atoms with Gasteiger partial charge in [0.25, 0.3) is 0 Å². The van der Waals surface area contributed by atoms with E-state index in [9.17, 15) is 10.1 Å². The minimum absolute atomic E-state index is 0.178. The van der Waals surface area contributed by atoms with Crippen molar-refractivity contribution in [1.29, 1.82) is 5.26 Å². The fraction of sp³-hybridized carbons (Fsp3) is 0.467. The number of carbonyl (C=O) groups excluding carboxylic acids is 1. The zero-order valence-corrected chi connectivity index (χ0v) is 13.0. The number of anilines is 1. The van der Waals surface area contributed by atoms with Crippen molar-refractivity contribution < 1.29 is 14.1 Å². The molecule has 0 spiro atoms. The van der Waals surface area contributed by atoms with Gasteiger partial charge in [0, 0.05) is 18.1 Å². The standard InChI is InChI=1S/C15H19BN2O3/c1-10(19)18-12-6-7-13(11(8-12)9-17)16-20-14(2,3)15(4,5)21-16/h6-8H,1-5H3,(H,18,19). The highest BCUT2D eigenvalue weighted by Crippen LogP contribution is 2.36. The van der Waals surface area contributed by atoms with E-state index in [4.69, 9.17) is 9.31 Å². The molecular weight excluding hydrogens is 267 g/mol. The monoisotopic (exact) mass is 286 g/mol. The van der Waals surface area contributed by atoms with Crippen LogP contribution in [-0.2, 0) is 14.1 Å². The molecule has 1 aliphatic heterocycles. The normalized spacial score (nSPS) is 19.1. The molecule has 0 saturated carbocycles. The number of benzene rings is 1. The van der Waals surface area contributed by atoms with Gasteiger partial charge < -0.3 is 14.6 Å². The van der Waals surface area contributed by atoms with Crippen LogP contribution in [0.5, 0.6) is 0 Å². The zero-order valence-electron chi connectivity index (χ0n) is 13.0. The molecule has 0 atom stereocenters. The third-order valence-electron chi connectivity index (χ3n) is 4.00. The van der Waals surface area contributed by atoms with Gasteiger partial charge in [0.1, 0.15) is 0 Å². The molecule has 5 nitrogen and oxygen atoms in total.